The van der Waals surface area contributed by atoms with Crippen LogP contribution in [0.4, 0.5) is 0 Å². The molecule has 0 aromatic heterocycles. The Balaban J connectivity index is 3.11. The maximum atomic E-state index is 10.7. The summed E-state index contributed by atoms with van der Waals surface area (Å²) >= 11 is 0. The van der Waals surface area contributed by atoms with Crippen LogP contribution in [0.5, 0.6) is 11.5 Å². The predicted molar refractivity (Wildman–Crippen MR) is 56.8 cm³/mol. The van der Waals surface area contributed by atoms with Crippen molar-refractivity contribution >= 4 is 5.97 Å². The Morgan fingerprint density at radius 1 is 1.50 bits per heavy atom. The molecule has 0 fully saturated rings. The van der Waals surface area contributed by atoms with Crippen molar-refractivity contribution < 1.29 is 24.5 Å². The molecular weight excluding hydrogens is 212 g/mol. The molecule has 2 N–H and O–H groups in total. The lowest BCUT2D eigenvalue weighted by atomic mass is 10.1. The van der Waals surface area contributed by atoms with E-state index < -0.39 is 12.1 Å². The van der Waals surface area contributed by atoms with Crippen LogP contribution in [0.25, 0.3) is 0 Å². The van der Waals surface area contributed by atoms with Gasteiger partial charge in [-0.15, -0.1) is 0 Å². The molecule has 0 aliphatic heterocycles. The molecule has 0 spiro atoms. The number of benzene rings is 1. The van der Waals surface area contributed by atoms with Gasteiger partial charge in [0.2, 0.25) is 0 Å². The van der Waals surface area contributed by atoms with Crippen LogP contribution in [0.2, 0.25) is 0 Å². The summed E-state index contributed by atoms with van der Waals surface area (Å²) in [6.45, 7) is 2.16. The van der Waals surface area contributed by atoms with Crippen LogP contribution in [-0.2, 0) is 4.79 Å². The van der Waals surface area contributed by atoms with Crippen LogP contribution in [0, 0.1) is 0 Å². The molecule has 1 aromatic carbocycles. The number of methoxy groups -OCH3 is 1. The normalized spacial score (nSPS) is 11.9. The fourth-order valence-electron chi connectivity index (χ4n) is 1.28. The highest BCUT2D eigenvalue weighted by atomic mass is 16.5. The number of ether oxygens (including phenoxy) is 2. The second-order valence-electron chi connectivity index (χ2n) is 3.08. The SMILES string of the molecule is CCOc1cc(OC)ccc1C(O)C(=O)O. The van der Waals surface area contributed by atoms with E-state index >= 15 is 0 Å². The van der Waals surface area contributed by atoms with E-state index in [-0.39, 0.29) is 5.56 Å². The van der Waals surface area contributed by atoms with Crippen molar-refractivity contribution in [3.05, 3.63) is 23.8 Å². The maximum absolute atomic E-state index is 10.7. The molecule has 0 saturated heterocycles. The third-order valence-electron chi connectivity index (χ3n) is 2.05. The Labute approximate surface area is 93.2 Å². The Morgan fingerprint density at radius 3 is 2.69 bits per heavy atom. The smallest absolute Gasteiger partial charge is 0.337 e. The lowest BCUT2D eigenvalue weighted by Gasteiger charge is -2.13. The minimum Gasteiger partial charge on any atom is -0.497 e. The van der Waals surface area contributed by atoms with Crippen molar-refractivity contribution in [2.45, 2.75) is 13.0 Å². The molecule has 0 amide bonds. The lowest BCUT2D eigenvalue weighted by molar-refractivity contribution is -0.147. The first-order valence-electron chi connectivity index (χ1n) is 4.81. The van der Waals surface area contributed by atoms with E-state index in [1.54, 1.807) is 19.1 Å². The molecule has 88 valence electrons. The molecule has 1 rings (SSSR count). The summed E-state index contributed by atoms with van der Waals surface area (Å²) in [7, 11) is 1.50. The van der Waals surface area contributed by atoms with Gasteiger partial charge < -0.3 is 19.7 Å². The Bertz CT molecular complexity index is 375. The van der Waals surface area contributed by atoms with Gasteiger partial charge in [0, 0.05) is 11.6 Å². The number of aliphatic carboxylic acids is 1. The van der Waals surface area contributed by atoms with Gasteiger partial charge in [-0.3, -0.25) is 0 Å². The van der Waals surface area contributed by atoms with Crippen molar-refractivity contribution in [3.63, 3.8) is 0 Å². The molecule has 0 aliphatic carbocycles. The van der Waals surface area contributed by atoms with E-state index in [2.05, 4.69) is 0 Å². The number of rotatable bonds is 5. The minimum atomic E-state index is -1.59. The lowest BCUT2D eigenvalue weighted by Crippen LogP contribution is -2.12. The molecule has 0 saturated carbocycles. The number of aliphatic hydroxyl groups excluding tert-OH is 1. The van der Waals surface area contributed by atoms with Crippen molar-refractivity contribution in [3.8, 4) is 11.5 Å². The topological polar surface area (TPSA) is 76.0 Å². The second-order valence-corrected chi connectivity index (χ2v) is 3.08. The predicted octanol–water partition coefficient (Wildman–Crippen LogP) is 1.21. The summed E-state index contributed by atoms with van der Waals surface area (Å²) in [6, 6.07) is 4.59. The van der Waals surface area contributed by atoms with Gasteiger partial charge in [-0.1, -0.05) is 0 Å². The highest BCUT2D eigenvalue weighted by Gasteiger charge is 2.20. The van der Waals surface area contributed by atoms with E-state index in [0.717, 1.165) is 0 Å². The molecule has 16 heavy (non-hydrogen) atoms. The zero-order valence-electron chi connectivity index (χ0n) is 9.14. The van der Waals surface area contributed by atoms with Crippen LogP contribution >= 0.6 is 0 Å². The van der Waals surface area contributed by atoms with Gasteiger partial charge in [-0.25, -0.2) is 4.79 Å². The zero-order valence-corrected chi connectivity index (χ0v) is 9.14. The largest absolute Gasteiger partial charge is 0.497 e. The van der Waals surface area contributed by atoms with E-state index in [1.165, 1.54) is 13.2 Å². The molecule has 1 aromatic rings. The molecule has 1 atom stereocenters. The van der Waals surface area contributed by atoms with E-state index in [4.69, 9.17) is 14.6 Å². The Hall–Kier alpha value is -1.75. The molecule has 0 radical (unpaired) electrons. The molecule has 5 nitrogen and oxygen atoms in total. The molecule has 0 aliphatic rings. The number of carboxylic acids is 1. The average Bonchev–Trinajstić information content (AvgIpc) is 2.28. The minimum absolute atomic E-state index is 0.218. The molecule has 0 heterocycles. The van der Waals surface area contributed by atoms with Crippen molar-refractivity contribution in [1.29, 1.82) is 0 Å². The van der Waals surface area contributed by atoms with Crippen molar-refractivity contribution in [1.82, 2.24) is 0 Å². The van der Waals surface area contributed by atoms with Gasteiger partial charge >= 0.3 is 5.97 Å². The number of hydrogen-bond acceptors (Lipinski definition) is 4. The van der Waals surface area contributed by atoms with Crippen LogP contribution < -0.4 is 9.47 Å². The zero-order chi connectivity index (χ0) is 12.1. The highest BCUT2D eigenvalue weighted by Crippen LogP contribution is 2.29. The van der Waals surface area contributed by atoms with Gasteiger partial charge in [0.1, 0.15) is 11.5 Å². The Morgan fingerprint density at radius 2 is 2.19 bits per heavy atom. The van der Waals surface area contributed by atoms with Gasteiger partial charge in [-0.2, -0.15) is 0 Å². The van der Waals surface area contributed by atoms with Crippen LogP contribution in [0.15, 0.2) is 18.2 Å². The van der Waals surface area contributed by atoms with E-state index in [1.807, 2.05) is 0 Å². The first-order chi connectivity index (χ1) is 7.60. The fourth-order valence-corrected chi connectivity index (χ4v) is 1.28. The van der Waals surface area contributed by atoms with Gasteiger partial charge in [0.15, 0.2) is 6.10 Å². The van der Waals surface area contributed by atoms with Crippen LogP contribution in [-0.4, -0.2) is 29.9 Å². The van der Waals surface area contributed by atoms with Crippen molar-refractivity contribution in [2.75, 3.05) is 13.7 Å². The molecule has 0 bridgehead atoms. The summed E-state index contributed by atoms with van der Waals surface area (Å²) in [5, 5.41) is 18.2. The first-order valence-corrected chi connectivity index (χ1v) is 4.81. The van der Waals surface area contributed by atoms with Gasteiger partial charge in [0.05, 0.1) is 13.7 Å². The van der Waals surface area contributed by atoms with Gasteiger partial charge in [-0.05, 0) is 19.1 Å². The third-order valence-corrected chi connectivity index (χ3v) is 2.05. The average molecular weight is 226 g/mol. The van der Waals surface area contributed by atoms with Crippen LogP contribution in [0.3, 0.4) is 0 Å². The quantitative estimate of drug-likeness (QED) is 0.789. The van der Waals surface area contributed by atoms with Gasteiger partial charge in [0.25, 0.3) is 0 Å². The monoisotopic (exact) mass is 226 g/mol. The number of aliphatic hydroxyl groups is 1. The standard InChI is InChI=1S/C11H14O5/c1-3-16-9-6-7(15-2)4-5-8(9)10(12)11(13)14/h4-6,10,12H,3H2,1-2H3,(H,13,14). The number of carbonyl (C=O) groups is 1. The summed E-state index contributed by atoms with van der Waals surface area (Å²) in [6.07, 6.45) is -1.59. The van der Waals surface area contributed by atoms with E-state index in [0.29, 0.717) is 18.1 Å². The Kier molecular flexibility index (Phi) is 4.13. The molecule has 5 heteroatoms. The number of carboxylic acid groups (broad SMARTS) is 1. The molecular formula is C11H14O5. The fraction of sp³-hybridized carbons (Fsp3) is 0.364. The summed E-state index contributed by atoms with van der Waals surface area (Å²) in [4.78, 5) is 10.7. The summed E-state index contributed by atoms with van der Waals surface area (Å²) in [5.41, 5.74) is 0.218. The van der Waals surface area contributed by atoms with Crippen molar-refractivity contribution in [2.24, 2.45) is 0 Å². The summed E-state index contributed by atoms with van der Waals surface area (Å²) < 4.78 is 10.2. The summed E-state index contributed by atoms with van der Waals surface area (Å²) in [5.74, 6) is -0.451. The third kappa shape index (κ3) is 2.64. The number of hydrogen-bond donors (Lipinski definition) is 2. The first kappa shape index (κ1) is 12.3. The highest BCUT2D eigenvalue weighted by molar-refractivity contribution is 5.75. The van der Waals surface area contributed by atoms with Crippen LogP contribution in [0.1, 0.15) is 18.6 Å². The molecule has 1 unspecified atom stereocenters. The maximum Gasteiger partial charge on any atom is 0.337 e. The second kappa shape index (κ2) is 5.37. The van der Waals surface area contributed by atoms with E-state index in [9.17, 15) is 9.90 Å².